The molecule has 0 aliphatic rings. The molecule has 0 aliphatic carbocycles. The monoisotopic (exact) mass is 324 g/mol. The minimum Gasteiger partial charge on any atom is -0.484 e. The van der Waals surface area contributed by atoms with Gasteiger partial charge in [0.05, 0.1) is 10.6 Å². The summed E-state index contributed by atoms with van der Waals surface area (Å²) >= 11 is 1.56. The Morgan fingerprint density at radius 2 is 2.00 bits per heavy atom. The van der Waals surface area contributed by atoms with Crippen LogP contribution in [0.4, 0.5) is 0 Å². The minimum atomic E-state index is 0.236. The molecule has 114 valence electrons. The second-order valence-corrected chi connectivity index (χ2v) is 5.66. The highest BCUT2D eigenvalue weighted by atomic mass is 32.1. The predicted octanol–water partition coefficient (Wildman–Crippen LogP) is 3.56. The summed E-state index contributed by atoms with van der Waals surface area (Å²) in [5.41, 5.74) is 0.972. The second kappa shape index (κ2) is 6.05. The van der Waals surface area contributed by atoms with E-state index in [0.717, 1.165) is 16.3 Å². The summed E-state index contributed by atoms with van der Waals surface area (Å²) in [6.07, 6.45) is 3.63. The lowest BCUT2D eigenvalue weighted by molar-refractivity contribution is 0.264. The van der Waals surface area contributed by atoms with Gasteiger partial charge in [-0.1, -0.05) is 6.07 Å². The van der Waals surface area contributed by atoms with Crippen LogP contribution in [0.25, 0.3) is 16.5 Å². The van der Waals surface area contributed by atoms with Crippen molar-refractivity contribution in [3.8, 4) is 22.2 Å². The normalized spacial score (nSPS) is 10.8. The second-order valence-electron chi connectivity index (χ2n) is 4.71. The maximum atomic E-state index is 5.67. The Kier molecular flexibility index (Phi) is 3.61. The van der Waals surface area contributed by atoms with Crippen LogP contribution in [0.1, 0.15) is 5.89 Å². The Hall–Kier alpha value is -2.93. The van der Waals surface area contributed by atoms with E-state index in [1.165, 1.54) is 0 Å². The number of ether oxygens (including phenoxy) is 1. The highest BCUT2D eigenvalue weighted by Gasteiger charge is 2.09. The zero-order valence-corrected chi connectivity index (χ0v) is 12.8. The van der Waals surface area contributed by atoms with E-state index in [4.69, 9.17) is 9.15 Å². The molecule has 6 nitrogen and oxygen atoms in total. The molecule has 3 aromatic heterocycles. The van der Waals surface area contributed by atoms with Crippen LogP contribution in [0, 0.1) is 0 Å². The third-order valence-corrected chi connectivity index (χ3v) is 4.02. The highest BCUT2D eigenvalue weighted by Crippen LogP contribution is 2.23. The zero-order chi connectivity index (χ0) is 15.5. The van der Waals surface area contributed by atoms with Crippen molar-refractivity contribution in [3.63, 3.8) is 0 Å². The quantitative estimate of drug-likeness (QED) is 0.561. The number of benzene rings is 1. The van der Waals surface area contributed by atoms with Gasteiger partial charge in [0.2, 0.25) is 0 Å². The highest BCUT2D eigenvalue weighted by molar-refractivity contribution is 7.13. The topological polar surface area (TPSA) is 66.0 Å². The fourth-order valence-electron chi connectivity index (χ4n) is 2.07. The molecule has 0 N–H and O–H groups in total. The average Bonchev–Trinajstić information content (AvgIpc) is 3.35. The maximum absolute atomic E-state index is 5.67. The van der Waals surface area contributed by atoms with E-state index in [2.05, 4.69) is 15.3 Å². The van der Waals surface area contributed by atoms with E-state index < -0.39 is 0 Å². The van der Waals surface area contributed by atoms with Gasteiger partial charge >= 0.3 is 0 Å². The van der Waals surface area contributed by atoms with Crippen molar-refractivity contribution in [3.05, 3.63) is 66.1 Å². The molecule has 23 heavy (non-hydrogen) atoms. The van der Waals surface area contributed by atoms with Gasteiger partial charge in [0.25, 0.3) is 11.8 Å². The Balaban J connectivity index is 1.41. The van der Waals surface area contributed by atoms with Crippen LogP contribution in [0.3, 0.4) is 0 Å². The van der Waals surface area contributed by atoms with Gasteiger partial charge in [0.1, 0.15) is 5.75 Å². The average molecular weight is 324 g/mol. The summed E-state index contributed by atoms with van der Waals surface area (Å²) in [5, 5.41) is 14.2. The van der Waals surface area contributed by atoms with E-state index in [1.54, 1.807) is 22.2 Å². The molecule has 3 heterocycles. The fourth-order valence-corrected chi connectivity index (χ4v) is 2.72. The number of rotatable bonds is 5. The zero-order valence-electron chi connectivity index (χ0n) is 12.0. The summed E-state index contributed by atoms with van der Waals surface area (Å²) in [7, 11) is 0. The first kappa shape index (κ1) is 13.7. The van der Waals surface area contributed by atoms with Gasteiger partial charge in [-0.05, 0) is 41.8 Å². The first-order valence-corrected chi connectivity index (χ1v) is 7.85. The van der Waals surface area contributed by atoms with Crippen LogP contribution < -0.4 is 4.74 Å². The van der Waals surface area contributed by atoms with E-state index in [9.17, 15) is 0 Å². The summed E-state index contributed by atoms with van der Waals surface area (Å²) in [5.74, 6) is 1.70. The van der Waals surface area contributed by atoms with Crippen molar-refractivity contribution in [2.24, 2.45) is 0 Å². The van der Waals surface area contributed by atoms with Gasteiger partial charge in [-0.2, -0.15) is 5.10 Å². The number of aromatic nitrogens is 4. The Morgan fingerprint density at radius 3 is 2.74 bits per heavy atom. The van der Waals surface area contributed by atoms with Crippen LogP contribution in [0.5, 0.6) is 5.75 Å². The van der Waals surface area contributed by atoms with Crippen molar-refractivity contribution in [1.82, 2.24) is 20.0 Å². The molecule has 0 aliphatic heterocycles. The van der Waals surface area contributed by atoms with Crippen molar-refractivity contribution in [1.29, 1.82) is 0 Å². The van der Waals surface area contributed by atoms with E-state index >= 15 is 0 Å². The predicted molar refractivity (Wildman–Crippen MR) is 85.5 cm³/mol. The molecule has 0 radical (unpaired) electrons. The largest absolute Gasteiger partial charge is 0.484 e. The van der Waals surface area contributed by atoms with Crippen molar-refractivity contribution in [2.75, 3.05) is 0 Å². The van der Waals surface area contributed by atoms with Crippen molar-refractivity contribution >= 4 is 11.3 Å². The van der Waals surface area contributed by atoms with Gasteiger partial charge in [-0.3, -0.25) is 0 Å². The number of nitrogens with zero attached hydrogens (tertiary/aromatic N) is 4. The maximum Gasteiger partial charge on any atom is 0.257 e. The van der Waals surface area contributed by atoms with E-state index in [-0.39, 0.29) is 6.61 Å². The molecule has 0 atom stereocenters. The molecule has 0 amide bonds. The summed E-state index contributed by atoms with van der Waals surface area (Å²) in [4.78, 5) is 0.951. The Bertz CT molecular complexity index is 867. The van der Waals surface area contributed by atoms with Crippen LogP contribution >= 0.6 is 11.3 Å². The molecule has 0 spiro atoms. The smallest absolute Gasteiger partial charge is 0.257 e. The minimum absolute atomic E-state index is 0.236. The van der Waals surface area contributed by atoms with Gasteiger partial charge < -0.3 is 9.15 Å². The van der Waals surface area contributed by atoms with E-state index in [0.29, 0.717) is 11.8 Å². The van der Waals surface area contributed by atoms with Crippen molar-refractivity contribution in [2.45, 2.75) is 6.61 Å². The van der Waals surface area contributed by atoms with Crippen LogP contribution in [-0.2, 0) is 6.61 Å². The third kappa shape index (κ3) is 3.00. The van der Waals surface area contributed by atoms with Crippen LogP contribution in [-0.4, -0.2) is 20.0 Å². The molecule has 0 fully saturated rings. The molecule has 0 saturated carbocycles. The van der Waals surface area contributed by atoms with E-state index in [1.807, 2.05) is 54.0 Å². The standard InChI is InChI=1S/C16H12N4O2S/c1-3-14(23-10-1)16-19-18-15(22-16)11-21-13-6-4-12(5-7-13)20-9-2-8-17-20/h1-10H,11H2. The lowest BCUT2D eigenvalue weighted by Crippen LogP contribution is -1.97. The van der Waals surface area contributed by atoms with Crippen LogP contribution in [0.15, 0.2) is 64.7 Å². The Morgan fingerprint density at radius 1 is 1.09 bits per heavy atom. The fraction of sp³-hybridized carbons (Fsp3) is 0.0625. The molecule has 7 heteroatoms. The van der Waals surface area contributed by atoms with Gasteiger partial charge in [-0.15, -0.1) is 21.5 Å². The molecular formula is C16H12N4O2S. The molecule has 4 rings (SSSR count). The van der Waals surface area contributed by atoms with Gasteiger partial charge in [-0.25, -0.2) is 4.68 Å². The summed E-state index contributed by atoms with van der Waals surface area (Å²) in [6, 6.07) is 13.4. The molecule has 0 saturated heterocycles. The Labute approximate surface area is 136 Å². The summed E-state index contributed by atoms with van der Waals surface area (Å²) < 4.78 is 13.0. The molecule has 1 aromatic carbocycles. The molecule has 0 bridgehead atoms. The summed E-state index contributed by atoms with van der Waals surface area (Å²) in [6.45, 7) is 0.236. The number of hydrogen-bond donors (Lipinski definition) is 0. The molecular weight excluding hydrogens is 312 g/mol. The molecule has 4 aromatic rings. The van der Waals surface area contributed by atoms with Crippen molar-refractivity contribution < 1.29 is 9.15 Å². The van der Waals surface area contributed by atoms with Crippen LogP contribution in [0.2, 0.25) is 0 Å². The first-order valence-electron chi connectivity index (χ1n) is 6.98. The lowest BCUT2D eigenvalue weighted by Gasteiger charge is -2.05. The van der Waals surface area contributed by atoms with Gasteiger partial charge in [0.15, 0.2) is 6.61 Å². The number of thiophene rings is 1. The van der Waals surface area contributed by atoms with Gasteiger partial charge in [0, 0.05) is 12.4 Å². The lowest BCUT2D eigenvalue weighted by atomic mass is 10.3. The molecule has 0 unspecified atom stereocenters. The third-order valence-electron chi connectivity index (χ3n) is 3.17. The SMILES string of the molecule is c1csc(-c2nnc(COc3ccc(-n4cccn4)cc3)o2)c1. The number of hydrogen-bond acceptors (Lipinski definition) is 6. The first-order chi connectivity index (χ1) is 11.4.